The van der Waals surface area contributed by atoms with E-state index in [-0.39, 0.29) is 32.3 Å². The van der Waals surface area contributed by atoms with Crippen LogP contribution in [-0.4, -0.2) is 54.9 Å². The number of aliphatic hydroxyl groups is 1. The van der Waals surface area contributed by atoms with Gasteiger partial charge >= 0.3 is 5.91 Å². The predicted octanol–water partition coefficient (Wildman–Crippen LogP) is -0.386. The molecule has 0 atom stereocenters. The molecule has 3 amide bonds. The second-order valence-corrected chi connectivity index (χ2v) is 5.24. The topological polar surface area (TPSA) is 129 Å². The molecular formula is C18H22N4O5. The molecule has 0 aliphatic carbocycles. The van der Waals surface area contributed by atoms with Crippen LogP contribution >= 0.6 is 0 Å². The van der Waals surface area contributed by atoms with E-state index in [9.17, 15) is 14.4 Å². The van der Waals surface area contributed by atoms with Gasteiger partial charge in [-0.05, 0) is 24.6 Å². The van der Waals surface area contributed by atoms with Gasteiger partial charge in [0.25, 0.3) is 5.91 Å². The Bertz CT molecular complexity index is 747. The molecule has 0 saturated carbocycles. The van der Waals surface area contributed by atoms with Gasteiger partial charge in [0.15, 0.2) is 0 Å². The summed E-state index contributed by atoms with van der Waals surface area (Å²) in [5, 5.41) is 17.4. The lowest BCUT2D eigenvalue weighted by atomic mass is 10.1. The van der Waals surface area contributed by atoms with Gasteiger partial charge in [0, 0.05) is 31.0 Å². The fraction of sp³-hybridized carbons (Fsp3) is 0.333. The molecule has 9 heteroatoms. The van der Waals surface area contributed by atoms with E-state index in [1.165, 1.54) is 6.92 Å². The number of aliphatic hydroxyl groups excluding tert-OH is 1. The Labute approximate surface area is 157 Å². The van der Waals surface area contributed by atoms with E-state index >= 15 is 0 Å². The molecule has 4 N–H and O–H groups in total. The highest BCUT2D eigenvalue weighted by atomic mass is 16.5. The Balaban J connectivity index is 2.48. The number of carbonyl (C=O) groups is 3. The van der Waals surface area contributed by atoms with Gasteiger partial charge in [0.1, 0.15) is 0 Å². The number of amides is 3. The minimum absolute atomic E-state index is 0.0867. The standard InChI is InChI=1S/C18H22N4O5/c1-13(21-22-14(2)24)15-3-5-16(6-4-15)20-18(26)8-7-17(25)19-9-11-27-12-10-23/h3-6,23H,9-12H2,1-2H3,(H,19,25)(H,20,26)(H,22,24)/b21-13+. The van der Waals surface area contributed by atoms with Crippen molar-refractivity contribution in [2.45, 2.75) is 13.8 Å². The molecule has 0 radical (unpaired) electrons. The van der Waals surface area contributed by atoms with Gasteiger partial charge in [-0.25, -0.2) is 5.43 Å². The molecule has 0 heterocycles. The van der Waals surface area contributed by atoms with Crippen LogP contribution < -0.4 is 16.1 Å². The Morgan fingerprint density at radius 3 is 2.37 bits per heavy atom. The highest BCUT2D eigenvalue weighted by molar-refractivity contribution is 6.08. The van der Waals surface area contributed by atoms with Crippen LogP contribution in [0.4, 0.5) is 5.69 Å². The van der Waals surface area contributed by atoms with Gasteiger partial charge in [-0.3, -0.25) is 14.4 Å². The van der Waals surface area contributed by atoms with E-state index in [0.717, 1.165) is 5.56 Å². The molecule has 1 rings (SSSR count). The lowest BCUT2D eigenvalue weighted by molar-refractivity contribution is -0.119. The second-order valence-electron chi connectivity index (χ2n) is 5.24. The van der Waals surface area contributed by atoms with Crippen LogP contribution in [0.15, 0.2) is 29.4 Å². The van der Waals surface area contributed by atoms with Crippen LogP contribution in [0, 0.1) is 11.8 Å². The number of nitrogens with one attached hydrogen (secondary N) is 3. The van der Waals surface area contributed by atoms with E-state index in [0.29, 0.717) is 11.4 Å². The van der Waals surface area contributed by atoms with Crippen molar-refractivity contribution in [3.8, 4) is 11.8 Å². The van der Waals surface area contributed by atoms with Crippen molar-refractivity contribution in [1.29, 1.82) is 0 Å². The molecule has 0 aliphatic rings. The smallest absolute Gasteiger partial charge is 0.300 e. The first-order valence-electron chi connectivity index (χ1n) is 8.13. The summed E-state index contributed by atoms with van der Waals surface area (Å²) < 4.78 is 4.97. The number of rotatable bonds is 8. The largest absolute Gasteiger partial charge is 0.394 e. The van der Waals surface area contributed by atoms with E-state index in [4.69, 9.17) is 9.84 Å². The monoisotopic (exact) mass is 374 g/mol. The van der Waals surface area contributed by atoms with Crippen molar-refractivity contribution in [3.05, 3.63) is 29.8 Å². The van der Waals surface area contributed by atoms with Crippen molar-refractivity contribution in [2.75, 3.05) is 31.7 Å². The van der Waals surface area contributed by atoms with Crippen LogP contribution in [-0.2, 0) is 19.1 Å². The van der Waals surface area contributed by atoms with Crippen molar-refractivity contribution in [3.63, 3.8) is 0 Å². The zero-order valence-electron chi connectivity index (χ0n) is 15.2. The zero-order valence-corrected chi connectivity index (χ0v) is 15.2. The van der Waals surface area contributed by atoms with Gasteiger partial charge in [0.05, 0.1) is 25.5 Å². The summed E-state index contributed by atoms with van der Waals surface area (Å²) in [7, 11) is 0. The first-order chi connectivity index (χ1) is 12.9. The summed E-state index contributed by atoms with van der Waals surface area (Å²) in [6, 6.07) is 6.76. The SMILES string of the molecule is CC(=O)N/N=C(\C)c1ccc(NC(=O)C#CC(=O)NCCOCCO)cc1. The fourth-order valence-corrected chi connectivity index (χ4v) is 1.75. The van der Waals surface area contributed by atoms with Gasteiger partial charge in [-0.15, -0.1) is 0 Å². The third-order valence-corrected chi connectivity index (χ3v) is 3.00. The highest BCUT2D eigenvalue weighted by Crippen LogP contribution is 2.10. The van der Waals surface area contributed by atoms with Crippen LogP contribution in [0.25, 0.3) is 0 Å². The van der Waals surface area contributed by atoms with Crippen molar-refractivity contribution < 1.29 is 24.2 Å². The lowest BCUT2D eigenvalue weighted by Crippen LogP contribution is -2.26. The number of hydrogen-bond donors (Lipinski definition) is 4. The Kier molecular flexibility index (Phi) is 9.85. The minimum atomic E-state index is -0.627. The Hall–Kier alpha value is -3.22. The predicted molar refractivity (Wildman–Crippen MR) is 99.8 cm³/mol. The quantitative estimate of drug-likeness (QED) is 0.213. The maximum absolute atomic E-state index is 11.7. The molecule has 0 aliphatic heterocycles. The number of benzene rings is 1. The highest BCUT2D eigenvalue weighted by Gasteiger charge is 2.02. The van der Waals surface area contributed by atoms with Crippen molar-refractivity contribution in [2.24, 2.45) is 5.10 Å². The van der Waals surface area contributed by atoms with Gasteiger partial charge in [0.2, 0.25) is 5.91 Å². The maximum Gasteiger partial charge on any atom is 0.300 e. The molecule has 1 aromatic carbocycles. The van der Waals surface area contributed by atoms with Crippen LogP contribution in [0.3, 0.4) is 0 Å². The molecule has 0 fully saturated rings. The first-order valence-corrected chi connectivity index (χ1v) is 8.13. The van der Waals surface area contributed by atoms with Gasteiger partial charge < -0.3 is 20.5 Å². The van der Waals surface area contributed by atoms with Crippen LogP contribution in [0.5, 0.6) is 0 Å². The number of hydrazone groups is 1. The summed E-state index contributed by atoms with van der Waals surface area (Å²) in [5.74, 6) is 2.87. The number of anilines is 1. The third kappa shape index (κ3) is 9.74. The summed E-state index contributed by atoms with van der Waals surface area (Å²) in [6.45, 7) is 3.69. The Morgan fingerprint density at radius 2 is 1.74 bits per heavy atom. The van der Waals surface area contributed by atoms with E-state index in [1.807, 2.05) is 0 Å². The van der Waals surface area contributed by atoms with E-state index < -0.39 is 11.8 Å². The molecule has 1 aromatic rings. The molecule has 0 aromatic heterocycles. The van der Waals surface area contributed by atoms with E-state index in [1.54, 1.807) is 31.2 Å². The number of nitrogens with zero attached hydrogens (tertiary/aromatic N) is 1. The minimum Gasteiger partial charge on any atom is -0.394 e. The van der Waals surface area contributed by atoms with Crippen LogP contribution in [0.1, 0.15) is 19.4 Å². The molecule has 0 saturated heterocycles. The van der Waals surface area contributed by atoms with Gasteiger partial charge in [-0.1, -0.05) is 12.1 Å². The normalized spacial score (nSPS) is 10.4. The molecule has 144 valence electrons. The number of carbonyl (C=O) groups excluding carboxylic acids is 3. The summed E-state index contributed by atoms with van der Waals surface area (Å²) in [5.41, 5.74) is 4.24. The second kappa shape index (κ2) is 12.2. The van der Waals surface area contributed by atoms with Crippen molar-refractivity contribution >= 4 is 29.1 Å². The summed E-state index contributed by atoms with van der Waals surface area (Å²) >= 11 is 0. The van der Waals surface area contributed by atoms with Crippen LogP contribution in [0.2, 0.25) is 0 Å². The zero-order chi connectivity index (χ0) is 20.1. The third-order valence-electron chi connectivity index (χ3n) is 3.00. The number of hydrogen-bond acceptors (Lipinski definition) is 6. The summed E-state index contributed by atoms with van der Waals surface area (Å²) in [4.78, 5) is 34.0. The molecule has 0 unspecified atom stereocenters. The lowest BCUT2D eigenvalue weighted by Gasteiger charge is -2.04. The molecule has 0 bridgehead atoms. The molecular weight excluding hydrogens is 352 g/mol. The van der Waals surface area contributed by atoms with Gasteiger partial charge in [-0.2, -0.15) is 5.10 Å². The average Bonchev–Trinajstić information content (AvgIpc) is 2.65. The first kappa shape index (κ1) is 21.8. The Morgan fingerprint density at radius 1 is 1.07 bits per heavy atom. The van der Waals surface area contributed by atoms with Crippen molar-refractivity contribution in [1.82, 2.24) is 10.7 Å². The fourth-order valence-electron chi connectivity index (χ4n) is 1.75. The average molecular weight is 374 g/mol. The summed E-state index contributed by atoms with van der Waals surface area (Å²) in [6.07, 6.45) is 0. The molecule has 9 nitrogen and oxygen atoms in total. The maximum atomic E-state index is 11.7. The molecule has 27 heavy (non-hydrogen) atoms. The molecule has 0 spiro atoms. The number of ether oxygens (including phenoxy) is 1. The van der Waals surface area contributed by atoms with E-state index in [2.05, 4.69) is 33.0 Å².